The predicted molar refractivity (Wildman–Crippen MR) is 92.3 cm³/mol. The smallest absolute Gasteiger partial charge is 0.230 e. The Morgan fingerprint density at radius 1 is 1.42 bits per heavy atom. The Labute approximate surface area is 140 Å². The molecule has 1 atom stereocenters. The fourth-order valence-corrected chi connectivity index (χ4v) is 2.62. The minimum Gasteiger partial charge on any atom is -0.497 e. The molecular weight excluding hydrogens is 306 g/mol. The molecule has 0 aliphatic carbocycles. The highest BCUT2D eigenvalue weighted by Crippen LogP contribution is 2.26. The van der Waals surface area contributed by atoms with E-state index in [0.717, 1.165) is 23.1 Å². The summed E-state index contributed by atoms with van der Waals surface area (Å²) in [5.41, 5.74) is 1.56. The second-order valence-corrected chi connectivity index (χ2v) is 5.77. The molecule has 0 saturated carbocycles. The summed E-state index contributed by atoms with van der Waals surface area (Å²) < 4.78 is 12.5. The lowest BCUT2D eigenvalue weighted by Crippen LogP contribution is -2.18. The van der Waals surface area contributed by atoms with Crippen LogP contribution in [0.3, 0.4) is 0 Å². The molecule has 3 aromatic rings. The molecule has 0 aliphatic rings. The lowest BCUT2D eigenvalue weighted by Gasteiger charge is -2.14. The highest BCUT2D eigenvalue weighted by Gasteiger charge is 2.14. The molecule has 6 nitrogen and oxygen atoms in total. The van der Waals surface area contributed by atoms with E-state index in [1.807, 2.05) is 28.9 Å². The summed E-state index contributed by atoms with van der Waals surface area (Å²) in [6.07, 6.45) is 4.50. The van der Waals surface area contributed by atoms with Gasteiger partial charge in [0.1, 0.15) is 17.2 Å². The molecule has 0 radical (unpaired) electrons. The second kappa shape index (κ2) is 6.78. The van der Waals surface area contributed by atoms with Gasteiger partial charge in [0.15, 0.2) is 0 Å². The molecule has 0 bridgehead atoms. The van der Waals surface area contributed by atoms with Gasteiger partial charge < -0.3 is 14.5 Å². The maximum Gasteiger partial charge on any atom is 0.230 e. The molecule has 0 aliphatic heterocycles. The van der Waals surface area contributed by atoms with Crippen LogP contribution in [0.25, 0.3) is 11.0 Å². The molecule has 1 N–H and O–H groups in total. The van der Waals surface area contributed by atoms with E-state index in [9.17, 15) is 4.79 Å². The van der Waals surface area contributed by atoms with Crippen LogP contribution < -0.4 is 10.1 Å². The van der Waals surface area contributed by atoms with E-state index < -0.39 is 0 Å². The third-order valence-electron chi connectivity index (χ3n) is 4.16. The van der Waals surface area contributed by atoms with Crippen LogP contribution in [-0.4, -0.2) is 22.8 Å². The van der Waals surface area contributed by atoms with E-state index in [0.29, 0.717) is 11.4 Å². The predicted octanol–water partition coefficient (Wildman–Crippen LogP) is 3.79. The van der Waals surface area contributed by atoms with Crippen molar-refractivity contribution < 1.29 is 13.9 Å². The number of carbonyl (C=O) groups excluding carboxylic acids is 1. The van der Waals surface area contributed by atoms with Crippen molar-refractivity contribution in [1.82, 2.24) is 9.78 Å². The maximum absolute atomic E-state index is 12.4. The van der Waals surface area contributed by atoms with Crippen molar-refractivity contribution in [2.24, 2.45) is 0 Å². The number of nitrogens with zero attached hydrogens (tertiary/aromatic N) is 2. The van der Waals surface area contributed by atoms with Crippen molar-refractivity contribution in [3.63, 3.8) is 0 Å². The number of nitrogens with one attached hydrogen (secondary N) is 1. The van der Waals surface area contributed by atoms with E-state index in [1.54, 1.807) is 19.6 Å². The summed E-state index contributed by atoms with van der Waals surface area (Å²) in [4.78, 5) is 12.4. The van der Waals surface area contributed by atoms with Crippen molar-refractivity contribution >= 4 is 22.7 Å². The molecule has 2 aromatic heterocycles. The third-order valence-corrected chi connectivity index (χ3v) is 4.16. The number of anilines is 1. The van der Waals surface area contributed by atoms with E-state index >= 15 is 0 Å². The lowest BCUT2D eigenvalue weighted by atomic mass is 10.1. The third kappa shape index (κ3) is 3.13. The van der Waals surface area contributed by atoms with E-state index in [4.69, 9.17) is 9.15 Å². The number of carbonyl (C=O) groups is 1. The monoisotopic (exact) mass is 327 g/mol. The first-order valence-corrected chi connectivity index (χ1v) is 7.99. The standard InChI is InChI=1S/C18H21N3O3/c1-4-12(2)21-17(7-8-19-21)20-18(22)9-13-11-24-16-10-14(23-3)5-6-15(13)16/h5-8,10-12H,4,9H2,1-3H3,(H,20,22)/t12-/m0/s1. The van der Waals surface area contributed by atoms with Crippen molar-refractivity contribution in [3.8, 4) is 5.75 Å². The molecule has 3 rings (SSSR count). The molecule has 0 unspecified atom stereocenters. The first-order chi connectivity index (χ1) is 11.6. The van der Waals surface area contributed by atoms with Crippen LogP contribution in [0.15, 0.2) is 41.1 Å². The summed E-state index contributed by atoms with van der Waals surface area (Å²) in [6, 6.07) is 7.62. The molecule has 0 fully saturated rings. The Balaban J connectivity index is 1.75. The minimum absolute atomic E-state index is 0.0985. The summed E-state index contributed by atoms with van der Waals surface area (Å²) in [5.74, 6) is 1.34. The van der Waals surface area contributed by atoms with Gasteiger partial charge in [0.25, 0.3) is 0 Å². The Kier molecular flexibility index (Phi) is 4.55. The van der Waals surface area contributed by atoms with Crippen molar-refractivity contribution in [3.05, 3.63) is 42.3 Å². The normalized spacial score (nSPS) is 12.3. The average molecular weight is 327 g/mol. The van der Waals surface area contributed by atoms with Crippen LogP contribution in [0.4, 0.5) is 5.82 Å². The molecule has 1 amide bonds. The zero-order chi connectivity index (χ0) is 17.1. The Morgan fingerprint density at radius 3 is 3.00 bits per heavy atom. The van der Waals surface area contributed by atoms with E-state index in [-0.39, 0.29) is 18.4 Å². The molecule has 1 aromatic carbocycles. The van der Waals surface area contributed by atoms with Gasteiger partial charge in [-0.1, -0.05) is 6.92 Å². The van der Waals surface area contributed by atoms with Crippen molar-refractivity contribution in [1.29, 1.82) is 0 Å². The average Bonchev–Trinajstić information content (AvgIpc) is 3.21. The number of ether oxygens (including phenoxy) is 1. The number of fused-ring (bicyclic) bond motifs is 1. The van der Waals surface area contributed by atoms with Crippen LogP contribution in [0.1, 0.15) is 31.9 Å². The first kappa shape index (κ1) is 16.1. The number of aromatic nitrogens is 2. The van der Waals surface area contributed by atoms with Gasteiger partial charge in [-0.2, -0.15) is 5.10 Å². The molecule has 24 heavy (non-hydrogen) atoms. The van der Waals surface area contributed by atoms with Gasteiger partial charge in [-0.05, 0) is 25.5 Å². The Bertz CT molecular complexity index is 850. The largest absolute Gasteiger partial charge is 0.497 e. The minimum atomic E-state index is -0.0985. The SMILES string of the molecule is CC[C@H](C)n1nccc1NC(=O)Cc1coc2cc(OC)ccc12. The van der Waals surface area contributed by atoms with Gasteiger partial charge in [0, 0.05) is 23.1 Å². The van der Waals surface area contributed by atoms with E-state index in [1.165, 1.54) is 0 Å². The topological polar surface area (TPSA) is 69.3 Å². The number of hydrogen-bond donors (Lipinski definition) is 1. The Morgan fingerprint density at radius 2 is 2.25 bits per heavy atom. The van der Waals surface area contributed by atoms with Crippen LogP contribution in [0.5, 0.6) is 5.75 Å². The van der Waals surface area contributed by atoms with Gasteiger partial charge in [-0.25, -0.2) is 4.68 Å². The number of benzene rings is 1. The lowest BCUT2D eigenvalue weighted by molar-refractivity contribution is -0.115. The Hall–Kier alpha value is -2.76. The van der Waals surface area contributed by atoms with Gasteiger partial charge in [0.2, 0.25) is 5.91 Å². The number of methoxy groups -OCH3 is 1. The molecule has 0 spiro atoms. The van der Waals surface area contributed by atoms with Crippen LogP contribution in [0, 0.1) is 0 Å². The van der Waals surface area contributed by atoms with Crippen LogP contribution >= 0.6 is 0 Å². The molecule has 126 valence electrons. The van der Waals surface area contributed by atoms with Crippen molar-refractivity contribution in [2.75, 3.05) is 12.4 Å². The number of furan rings is 1. The highest BCUT2D eigenvalue weighted by molar-refractivity contribution is 5.95. The molecular formula is C18H21N3O3. The van der Waals surface area contributed by atoms with Gasteiger partial charge in [0.05, 0.1) is 32.0 Å². The zero-order valence-corrected chi connectivity index (χ0v) is 14.1. The van der Waals surface area contributed by atoms with Gasteiger partial charge in [-0.15, -0.1) is 0 Å². The van der Waals surface area contributed by atoms with Crippen LogP contribution in [-0.2, 0) is 11.2 Å². The quantitative estimate of drug-likeness (QED) is 0.748. The maximum atomic E-state index is 12.4. The summed E-state index contributed by atoms with van der Waals surface area (Å²) in [6.45, 7) is 4.16. The van der Waals surface area contributed by atoms with Crippen molar-refractivity contribution in [2.45, 2.75) is 32.7 Å². The summed E-state index contributed by atoms with van der Waals surface area (Å²) in [7, 11) is 1.61. The number of hydrogen-bond acceptors (Lipinski definition) is 4. The van der Waals surface area contributed by atoms with Gasteiger partial charge >= 0.3 is 0 Å². The van der Waals surface area contributed by atoms with Gasteiger partial charge in [-0.3, -0.25) is 4.79 Å². The summed E-state index contributed by atoms with van der Waals surface area (Å²) >= 11 is 0. The second-order valence-electron chi connectivity index (χ2n) is 5.77. The highest BCUT2D eigenvalue weighted by atomic mass is 16.5. The first-order valence-electron chi connectivity index (χ1n) is 7.99. The molecule has 0 saturated heterocycles. The number of rotatable bonds is 6. The molecule has 6 heteroatoms. The molecule has 2 heterocycles. The van der Waals surface area contributed by atoms with E-state index in [2.05, 4.69) is 24.3 Å². The fraction of sp³-hybridized carbons (Fsp3) is 0.333. The number of amides is 1. The zero-order valence-electron chi connectivity index (χ0n) is 14.1. The summed E-state index contributed by atoms with van der Waals surface area (Å²) in [5, 5.41) is 8.12. The fourth-order valence-electron chi connectivity index (χ4n) is 2.62. The van der Waals surface area contributed by atoms with Crippen LogP contribution in [0.2, 0.25) is 0 Å².